The molecule has 1 aromatic heterocycles. The van der Waals surface area contributed by atoms with E-state index < -0.39 is 0 Å². The van der Waals surface area contributed by atoms with E-state index in [1.54, 1.807) is 17.2 Å². The summed E-state index contributed by atoms with van der Waals surface area (Å²) in [5.74, 6) is 0. The first-order chi connectivity index (χ1) is 9.43. The van der Waals surface area contributed by atoms with Crippen molar-refractivity contribution in [3.8, 4) is 5.69 Å². The lowest BCUT2D eigenvalue weighted by atomic mass is 10.1. The van der Waals surface area contributed by atoms with E-state index in [2.05, 4.69) is 38.6 Å². The zero-order valence-electron chi connectivity index (χ0n) is 11.0. The average Bonchev–Trinajstić information content (AvgIpc) is 3.01. The molecule has 1 N–H and O–H groups in total. The summed E-state index contributed by atoms with van der Waals surface area (Å²) in [5.41, 5.74) is 2.39. The number of aromatic nitrogens is 3. The van der Waals surface area contributed by atoms with E-state index in [9.17, 15) is 0 Å². The van der Waals surface area contributed by atoms with Crippen molar-refractivity contribution in [1.82, 2.24) is 25.2 Å². The van der Waals surface area contributed by atoms with Crippen LogP contribution in [0.3, 0.4) is 0 Å². The first-order valence-corrected chi connectivity index (χ1v) is 6.81. The SMILES string of the molecule is c1ccc(-n2nccn2)c(CCN2CCNCC2)c1. The Kier molecular flexibility index (Phi) is 3.86. The molecule has 0 unspecified atom stereocenters. The number of nitrogens with zero attached hydrogens (tertiary/aromatic N) is 4. The van der Waals surface area contributed by atoms with Crippen LogP contribution in [-0.2, 0) is 6.42 Å². The van der Waals surface area contributed by atoms with Gasteiger partial charge in [-0.1, -0.05) is 18.2 Å². The monoisotopic (exact) mass is 257 g/mol. The number of hydrogen-bond acceptors (Lipinski definition) is 4. The van der Waals surface area contributed by atoms with Gasteiger partial charge in [0.2, 0.25) is 0 Å². The number of piperazine rings is 1. The average molecular weight is 257 g/mol. The van der Waals surface area contributed by atoms with E-state index in [-0.39, 0.29) is 0 Å². The molecular formula is C14H19N5. The summed E-state index contributed by atoms with van der Waals surface area (Å²) < 4.78 is 0. The third-order valence-electron chi connectivity index (χ3n) is 3.53. The second-order valence-electron chi connectivity index (χ2n) is 4.79. The van der Waals surface area contributed by atoms with Gasteiger partial charge in [0.1, 0.15) is 0 Å². The van der Waals surface area contributed by atoms with Crippen LogP contribution in [0.15, 0.2) is 36.7 Å². The molecular weight excluding hydrogens is 238 g/mol. The molecule has 0 atom stereocenters. The maximum atomic E-state index is 4.22. The van der Waals surface area contributed by atoms with Gasteiger partial charge >= 0.3 is 0 Å². The molecule has 1 aromatic carbocycles. The lowest BCUT2D eigenvalue weighted by molar-refractivity contribution is 0.244. The van der Waals surface area contributed by atoms with Crippen molar-refractivity contribution < 1.29 is 0 Å². The molecule has 5 nitrogen and oxygen atoms in total. The summed E-state index contributed by atoms with van der Waals surface area (Å²) in [5, 5.41) is 11.8. The van der Waals surface area contributed by atoms with Gasteiger partial charge in [0, 0.05) is 32.7 Å². The van der Waals surface area contributed by atoms with Gasteiger partial charge in [-0.25, -0.2) is 0 Å². The molecule has 1 fully saturated rings. The molecule has 1 aliphatic heterocycles. The summed E-state index contributed by atoms with van der Waals surface area (Å²) in [6.45, 7) is 5.58. The maximum Gasteiger partial charge on any atom is 0.0889 e. The van der Waals surface area contributed by atoms with Crippen molar-refractivity contribution in [2.24, 2.45) is 0 Å². The van der Waals surface area contributed by atoms with Gasteiger partial charge in [0.05, 0.1) is 18.1 Å². The van der Waals surface area contributed by atoms with E-state index in [0.717, 1.165) is 44.8 Å². The molecule has 100 valence electrons. The Hall–Kier alpha value is -1.72. The Morgan fingerprint density at radius 1 is 1.05 bits per heavy atom. The number of nitrogens with one attached hydrogen (secondary N) is 1. The highest BCUT2D eigenvalue weighted by molar-refractivity contribution is 5.39. The predicted molar refractivity (Wildman–Crippen MR) is 74.4 cm³/mol. The standard InChI is InChI=1S/C14H19N5/c1-2-4-14(19-16-6-7-17-19)13(3-1)5-10-18-11-8-15-9-12-18/h1-4,6-7,15H,5,8-12H2. The zero-order chi connectivity index (χ0) is 12.9. The minimum absolute atomic E-state index is 1.04. The Bertz CT molecular complexity index is 502. The summed E-state index contributed by atoms with van der Waals surface area (Å²) in [6.07, 6.45) is 4.47. The molecule has 0 bridgehead atoms. The van der Waals surface area contributed by atoms with Crippen LogP contribution in [0.1, 0.15) is 5.56 Å². The molecule has 5 heteroatoms. The smallest absolute Gasteiger partial charge is 0.0889 e. The summed E-state index contributed by atoms with van der Waals surface area (Å²) in [4.78, 5) is 4.21. The van der Waals surface area contributed by atoms with Crippen molar-refractivity contribution in [3.05, 3.63) is 42.2 Å². The lowest BCUT2D eigenvalue weighted by Gasteiger charge is -2.27. The maximum absolute atomic E-state index is 4.22. The van der Waals surface area contributed by atoms with Gasteiger partial charge in [0.25, 0.3) is 0 Å². The fraction of sp³-hybridized carbons (Fsp3) is 0.429. The summed E-state index contributed by atoms with van der Waals surface area (Å²) in [7, 11) is 0. The molecule has 0 amide bonds. The van der Waals surface area contributed by atoms with Crippen LogP contribution in [0, 0.1) is 0 Å². The second-order valence-corrected chi connectivity index (χ2v) is 4.79. The van der Waals surface area contributed by atoms with Gasteiger partial charge in [-0.2, -0.15) is 15.0 Å². The number of rotatable bonds is 4. The normalized spacial score (nSPS) is 16.6. The van der Waals surface area contributed by atoms with Crippen molar-refractivity contribution >= 4 is 0 Å². The van der Waals surface area contributed by atoms with Gasteiger partial charge in [0.15, 0.2) is 0 Å². The minimum atomic E-state index is 1.04. The van der Waals surface area contributed by atoms with E-state index in [1.807, 2.05) is 6.07 Å². The van der Waals surface area contributed by atoms with Crippen molar-refractivity contribution in [3.63, 3.8) is 0 Å². The number of para-hydroxylation sites is 1. The second kappa shape index (κ2) is 5.95. The number of hydrogen-bond donors (Lipinski definition) is 1. The molecule has 2 heterocycles. The van der Waals surface area contributed by atoms with Gasteiger partial charge < -0.3 is 10.2 Å². The van der Waals surface area contributed by atoms with Crippen molar-refractivity contribution in [1.29, 1.82) is 0 Å². The third-order valence-corrected chi connectivity index (χ3v) is 3.53. The Balaban J connectivity index is 1.70. The molecule has 0 spiro atoms. The Labute approximate surface area is 113 Å². The Morgan fingerprint density at radius 3 is 2.58 bits per heavy atom. The highest BCUT2D eigenvalue weighted by Crippen LogP contribution is 2.13. The van der Waals surface area contributed by atoms with Crippen LogP contribution in [-0.4, -0.2) is 52.6 Å². The van der Waals surface area contributed by atoms with Gasteiger partial charge in [-0.3, -0.25) is 0 Å². The van der Waals surface area contributed by atoms with Crippen LogP contribution in [0.4, 0.5) is 0 Å². The predicted octanol–water partition coefficient (Wildman–Crippen LogP) is 0.715. The third kappa shape index (κ3) is 3.00. The van der Waals surface area contributed by atoms with Crippen LogP contribution in [0.25, 0.3) is 5.69 Å². The molecule has 3 rings (SSSR count). The minimum Gasteiger partial charge on any atom is -0.314 e. The quantitative estimate of drug-likeness (QED) is 0.876. The number of benzene rings is 1. The zero-order valence-corrected chi connectivity index (χ0v) is 11.0. The van der Waals surface area contributed by atoms with Crippen LogP contribution >= 0.6 is 0 Å². The van der Waals surface area contributed by atoms with Crippen molar-refractivity contribution in [2.45, 2.75) is 6.42 Å². The molecule has 0 radical (unpaired) electrons. The largest absolute Gasteiger partial charge is 0.314 e. The fourth-order valence-corrected chi connectivity index (χ4v) is 2.47. The lowest BCUT2D eigenvalue weighted by Crippen LogP contribution is -2.44. The molecule has 1 aliphatic rings. The summed E-state index contributed by atoms with van der Waals surface area (Å²) >= 11 is 0. The van der Waals surface area contributed by atoms with Crippen molar-refractivity contribution in [2.75, 3.05) is 32.7 Å². The molecule has 0 saturated carbocycles. The molecule has 19 heavy (non-hydrogen) atoms. The first kappa shape index (κ1) is 12.3. The van der Waals surface area contributed by atoms with Crippen LogP contribution in [0.2, 0.25) is 0 Å². The van der Waals surface area contributed by atoms with Gasteiger partial charge in [-0.15, -0.1) is 0 Å². The van der Waals surface area contributed by atoms with Gasteiger partial charge in [-0.05, 0) is 18.1 Å². The summed E-state index contributed by atoms with van der Waals surface area (Å²) in [6, 6.07) is 8.36. The highest BCUT2D eigenvalue weighted by atomic mass is 15.5. The van der Waals surface area contributed by atoms with E-state index in [1.165, 1.54) is 5.56 Å². The molecule has 2 aromatic rings. The van der Waals surface area contributed by atoms with E-state index >= 15 is 0 Å². The highest BCUT2D eigenvalue weighted by Gasteiger charge is 2.11. The first-order valence-electron chi connectivity index (χ1n) is 6.81. The fourth-order valence-electron chi connectivity index (χ4n) is 2.47. The molecule has 0 aliphatic carbocycles. The Morgan fingerprint density at radius 2 is 1.79 bits per heavy atom. The molecule has 1 saturated heterocycles. The van der Waals surface area contributed by atoms with Crippen LogP contribution in [0.5, 0.6) is 0 Å². The van der Waals surface area contributed by atoms with Crippen LogP contribution < -0.4 is 5.32 Å². The van der Waals surface area contributed by atoms with E-state index in [4.69, 9.17) is 0 Å². The van der Waals surface area contributed by atoms with E-state index in [0.29, 0.717) is 0 Å². The topological polar surface area (TPSA) is 46.0 Å².